The molecule has 2 amide bonds. The van der Waals surface area contributed by atoms with Crippen molar-refractivity contribution in [2.75, 3.05) is 26.8 Å². The normalized spacial score (nSPS) is 15.0. The molecule has 1 aromatic rings. The van der Waals surface area contributed by atoms with Gasteiger partial charge in [0.1, 0.15) is 11.5 Å². The van der Waals surface area contributed by atoms with Crippen LogP contribution in [0.3, 0.4) is 0 Å². The quantitative estimate of drug-likeness (QED) is 0.774. The van der Waals surface area contributed by atoms with Crippen molar-refractivity contribution >= 4 is 11.8 Å². The van der Waals surface area contributed by atoms with Crippen LogP contribution in [0.4, 0.5) is 0 Å². The lowest BCUT2D eigenvalue weighted by Crippen LogP contribution is -2.46. The van der Waals surface area contributed by atoms with Gasteiger partial charge in [-0.15, -0.1) is 0 Å². The molecule has 1 fully saturated rings. The molecule has 0 bridgehead atoms. The fraction of sp³-hybridized carbons (Fsp3) is 0.556. The summed E-state index contributed by atoms with van der Waals surface area (Å²) in [6, 6.07) is 7.60. The monoisotopic (exact) mass is 334 g/mol. The van der Waals surface area contributed by atoms with E-state index >= 15 is 0 Å². The average Bonchev–Trinajstić information content (AvgIpc) is 2.59. The summed E-state index contributed by atoms with van der Waals surface area (Å²) in [5.74, 6) is 1.73. The van der Waals surface area contributed by atoms with Gasteiger partial charge in [0, 0.05) is 32.5 Å². The van der Waals surface area contributed by atoms with Crippen molar-refractivity contribution in [3.63, 3.8) is 0 Å². The van der Waals surface area contributed by atoms with E-state index in [9.17, 15) is 9.59 Å². The Morgan fingerprint density at radius 3 is 2.38 bits per heavy atom. The molecule has 6 nitrogen and oxygen atoms in total. The first-order valence-electron chi connectivity index (χ1n) is 8.40. The first kappa shape index (κ1) is 18.1. The lowest BCUT2D eigenvalue weighted by atomic mass is 10.0. The lowest BCUT2D eigenvalue weighted by molar-refractivity contribution is -0.132. The van der Waals surface area contributed by atoms with Crippen molar-refractivity contribution in [2.24, 2.45) is 0 Å². The van der Waals surface area contributed by atoms with Gasteiger partial charge in [-0.25, -0.2) is 0 Å². The standard InChI is InChI=1S/C18H26N2O4/c1-14(21)19-15-9-11-20(12-10-15)18(22)4-3-13-24-17-7-5-16(23-2)6-8-17/h5-8,15H,3-4,9-13H2,1-2H3,(H,19,21). The summed E-state index contributed by atoms with van der Waals surface area (Å²) in [5, 5.41) is 2.91. The second-order valence-electron chi connectivity index (χ2n) is 5.98. The lowest BCUT2D eigenvalue weighted by Gasteiger charge is -2.32. The highest BCUT2D eigenvalue weighted by atomic mass is 16.5. The van der Waals surface area contributed by atoms with Gasteiger partial charge in [-0.05, 0) is 43.5 Å². The van der Waals surface area contributed by atoms with Gasteiger partial charge in [0.15, 0.2) is 0 Å². The van der Waals surface area contributed by atoms with Crippen molar-refractivity contribution in [1.29, 1.82) is 0 Å². The third kappa shape index (κ3) is 5.76. The minimum absolute atomic E-state index is 0.00421. The zero-order valence-electron chi connectivity index (χ0n) is 14.4. The predicted octanol–water partition coefficient (Wildman–Crippen LogP) is 1.98. The molecule has 1 N–H and O–H groups in total. The van der Waals surface area contributed by atoms with Gasteiger partial charge >= 0.3 is 0 Å². The highest BCUT2D eigenvalue weighted by Crippen LogP contribution is 2.17. The first-order chi connectivity index (χ1) is 11.6. The Kier molecular flexibility index (Phi) is 6.90. The maximum atomic E-state index is 12.2. The van der Waals surface area contributed by atoms with Crippen LogP contribution in [-0.4, -0.2) is 49.6 Å². The molecule has 132 valence electrons. The van der Waals surface area contributed by atoms with Crippen LogP contribution in [0.2, 0.25) is 0 Å². The summed E-state index contributed by atoms with van der Waals surface area (Å²) < 4.78 is 10.7. The van der Waals surface area contributed by atoms with Crippen LogP contribution in [0.1, 0.15) is 32.6 Å². The molecule has 1 heterocycles. The van der Waals surface area contributed by atoms with E-state index in [1.165, 1.54) is 6.92 Å². The average molecular weight is 334 g/mol. The molecule has 0 unspecified atom stereocenters. The smallest absolute Gasteiger partial charge is 0.222 e. The second kappa shape index (κ2) is 9.15. The maximum absolute atomic E-state index is 12.2. The number of methoxy groups -OCH3 is 1. The third-order valence-electron chi connectivity index (χ3n) is 4.12. The molecule has 0 saturated carbocycles. The highest BCUT2D eigenvalue weighted by Gasteiger charge is 2.22. The minimum atomic E-state index is -0.00421. The van der Waals surface area contributed by atoms with E-state index in [0.717, 1.165) is 24.3 Å². The van der Waals surface area contributed by atoms with E-state index in [1.54, 1.807) is 7.11 Å². The van der Waals surface area contributed by atoms with Crippen LogP contribution in [0.15, 0.2) is 24.3 Å². The van der Waals surface area contributed by atoms with Crippen molar-refractivity contribution in [3.8, 4) is 11.5 Å². The molecule has 1 saturated heterocycles. The minimum Gasteiger partial charge on any atom is -0.497 e. The van der Waals surface area contributed by atoms with Gasteiger partial charge in [0.2, 0.25) is 11.8 Å². The molecular weight excluding hydrogens is 308 g/mol. The summed E-state index contributed by atoms with van der Waals surface area (Å²) >= 11 is 0. The predicted molar refractivity (Wildman–Crippen MR) is 91.1 cm³/mol. The zero-order chi connectivity index (χ0) is 17.4. The second-order valence-corrected chi connectivity index (χ2v) is 5.98. The fourth-order valence-electron chi connectivity index (χ4n) is 2.80. The van der Waals surface area contributed by atoms with Gasteiger partial charge < -0.3 is 19.7 Å². The Hall–Kier alpha value is -2.24. The number of hydrogen-bond donors (Lipinski definition) is 1. The van der Waals surface area contributed by atoms with E-state index in [2.05, 4.69) is 5.32 Å². The Morgan fingerprint density at radius 1 is 1.17 bits per heavy atom. The zero-order valence-corrected chi connectivity index (χ0v) is 14.4. The van der Waals surface area contributed by atoms with E-state index < -0.39 is 0 Å². The molecule has 24 heavy (non-hydrogen) atoms. The Bertz CT molecular complexity index is 536. The molecule has 1 aromatic carbocycles. The van der Waals surface area contributed by atoms with Crippen molar-refractivity contribution in [2.45, 2.75) is 38.6 Å². The van der Waals surface area contributed by atoms with E-state index in [-0.39, 0.29) is 17.9 Å². The van der Waals surface area contributed by atoms with Crippen molar-refractivity contribution < 1.29 is 19.1 Å². The molecule has 0 radical (unpaired) electrons. The van der Waals surface area contributed by atoms with Crippen LogP contribution in [0.5, 0.6) is 11.5 Å². The summed E-state index contributed by atoms with van der Waals surface area (Å²) in [5.41, 5.74) is 0. The molecule has 0 atom stereocenters. The van der Waals surface area contributed by atoms with Crippen LogP contribution in [0.25, 0.3) is 0 Å². The Morgan fingerprint density at radius 2 is 1.79 bits per heavy atom. The number of hydrogen-bond acceptors (Lipinski definition) is 4. The van der Waals surface area contributed by atoms with Crippen LogP contribution in [0, 0.1) is 0 Å². The van der Waals surface area contributed by atoms with E-state index in [1.807, 2.05) is 29.2 Å². The molecule has 1 aliphatic heterocycles. The molecule has 1 aliphatic rings. The van der Waals surface area contributed by atoms with Gasteiger partial charge in [-0.3, -0.25) is 9.59 Å². The molecule has 0 aromatic heterocycles. The molecular formula is C18H26N2O4. The number of nitrogens with one attached hydrogen (secondary N) is 1. The SMILES string of the molecule is COc1ccc(OCCCC(=O)N2CCC(NC(C)=O)CC2)cc1. The van der Waals surface area contributed by atoms with Gasteiger partial charge in [0.05, 0.1) is 13.7 Å². The number of amides is 2. The van der Waals surface area contributed by atoms with Crippen LogP contribution < -0.4 is 14.8 Å². The molecule has 0 spiro atoms. The first-order valence-corrected chi connectivity index (χ1v) is 8.40. The number of nitrogens with zero attached hydrogens (tertiary/aromatic N) is 1. The largest absolute Gasteiger partial charge is 0.497 e. The summed E-state index contributed by atoms with van der Waals surface area (Å²) in [6.07, 6.45) is 2.83. The maximum Gasteiger partial charge on any atom is 0.222 e. The van der Waals surface area contributed by atoms with Gasteiger partial charge in [-0.1, -0.05) is 0 Å². The Labute approximate surface area is 143 Å². The van der Waals surface area contributed by atoms with Gasteiger partial charge in [-0.2, -0.15) is 0 Å². The number of carbonyl (C=O) groups excluding carboxylic acids is 2. The number of piperidine rings is 1. The van der Waals surface area contributed by atoms with E-state index in [0.29, 0.717) is 32.5 Å². The number of likely N-dealkylation sites (tertiary alicyclic amines) is 1. The fourth-order valence-corrected chi connectivity index (χ4v) is 2.80. The number of carbonyl (C=O) groups is 2. The summed E-state index contributed by atoms with van der Waals surface area (Å²) in [6.45, 7) is 3.47. The molecule has 0 aliphatic carbocycles. The van der Waals surface area contributed by atoms with Crippen molar-refractivity contribution in [3.05, 3.63) is 24.3 Å². The van der Waals surface area contributed by atoms with Crippen LogP contribution >= 0.6 is 0 Å². The number of benzene rings is 1. The topological polar surface area (TPSA) is 67.9 Å². The molecule has 6 heteroatoms. The Balaban J connectivity index is 1.62. The number of rotatable bonds is 7. The van der Waals surface area contributed by atoms with Crippen LogP contribution in [-0.2, 0) is 9.59 Å². The summed E-state index contributed by atoms with van der Waals surface area (Å²) in [4.78, 5) is 25.1. The van der Waals surface area contributed by atoms with E-state index in [4.69, 9.17) is 9.47 Å². The third-order valence-corrected chi connectivity index (χ3v) is 4.12. The van der Waals surface area contributed by atoms with Crippen molar-refractivity contribution in [1.82, 2.24) is 10.2 Å². The number of ether oxygens (including phenoxy) is 2. The highest BCUT2D eigenvalue weighted by molar-refractivity contribution is 5.76. The molecule has 2 rings (SSSR count). The summed E-state index contributed by atoms with van der Waals surface area (Å²) in [7, 11) is 1.63. The van der Waals surface area contributed by atoms with Gasteiger partial charge in [0.25, 0.3) is 0 Å².